The van der Waals surface area contributed by atoms with E-state index in [0.717, 1.165) is 12.3 Å². The first-order chi connectivity index (χ1) is 7.79. The average Bonchev–Trinajstić information content (AvgIpc) is 2.88. The largest absolute Gasteiger partial charge is 0.268 e. The molecule has 0 radical (unpaired) electrons. The monoisotopic (exact) mass is 217 g/mol. The van der Waals surface area contributed by atoms with Gasteiger partial charge >= 0.3 is 0 Å². The van der Waals surface area contributed by atoms with Gasteiger partial charge in [0.05, 0.1) is 24.7 Å². The maximum Gasteiger partial charge on any atom is 0.0651 e. The lowest BCUT2D eigenvalue weighted by atomic mass is 9.97. The van der Waals surface area contributed by atoms with E-state index in [0.29, 0.717) is 6.42 Å². The van der Waals surface area contributed by atoms with Gasteiger partial charge < -0.3 is 0 Å². The SMILES string of the molecule is Cc1cnn(C(CC#N)CC2CCCC2)c1. The summed E-state index contributed by atoms with van der Waals surface area (Å²) in [4.78, 5) is 0. The molecule has 1 aliphatic rings. The van der Waals surface area contributed by atoms with Crippen molar-refractivity contribution in [1.82, 2.24) is 9.78 Å². The fraction of sp³-hybridized carbons (Fsp3) is 0.692. The highest BCUT2D eigenvalue weighted by Gasteiger charge is 2.21. The number of rotatable bonds is 4. The van der Waals surface area contributed by atoms with Gasteiger partial charge in [-0.15, -0.1) is 0 Å². The summed E-state index contributed by atoms with van der Waals surface area (Å²) >= 11 is 0. The highest BCUT2D eigenvalue weighted by molar-refractivity contribution is 5.01. The van der Waals surface area contributed by atoms with Crippen LogP contribution in [0.25, 0.3) is 0 Å². The molecule has 0 aromatic carbocycles. The highest BCUT2D eigenvalue weighted by Crippen LogP contribution is 2.32. The van der Waals surface area contributed by atoms with Crippen LogP contribution in [0, 0.1) is 24.2 Å². The van der Waals surface area contributed by atoms with Crippen LogP contribution in [0.5, 0.6) is 0 Å². The van der Waals surface area contributed by atoms with E-state index in [1.54, 1.807) is 0 Å². The summed E-state index contributed by atoms with van der Waals surface area (Å²) in [5.74, 6) is 0.808. The van der Waals surface area contributed by atoms with Crippen molar-refractivity contribution in [3.8, 4) is 6.07 Å². The third kappa shape index (κ3) is 2.63. The topological polar surface area (TPSA) is 41.6 Å². The van der Waals surface area contributed by atoms with Crippen LogP contribution in [0.15, 0.2) is 12.4 Å². The quantitative estimate of drug-likeness (QED) is 0.777. The Hall–Kier alpha value is -1.30. The Bertz CT molecular complexity index is 369. The lowest BCUT2D eigenvalue weighted by molar-refractivity contribution is 0.350. The van der Waals surface area contributed by atoms with E-state index in [4.69, 9.17) is 5.26 Å². The van der Waals surface area contributed by atoms with Crippen LogP contribution >= 0.6 is 0 Å². The first-order valence-electron chi connectivity index (χ1n) is 6.17. The molecular formula is C13H19N3. The molecule has 0 N–H and O–H groups in total. The summed E-state index contributed by atoms with van der Waals surface area (Å²) in [6, 6.07) is 2.57. The maximum atomic E-state index is 8.89. The summed E-state index contributed by atoms with van der Waals surface area (Å²) in [5.41, 5.74) is 1.18. The molecule has 0 spiro atoms. The molecule has 3 nitrogen and oxygen atoms in total. The zero-order chi connectivity index (χ0) is 11.4. The van der Waals surface area contributed by atoms with Crippen molar-refractivity contribution in [2.24, 2.45) is 5.92 Å². The molecule has 1 saturated carbocycles. The molecule has 3 heteroatoms. The van der Waals surface area contributed by atoms with Gasteiger partial charge in [-0.2, -0.15) is 10.4 Å². The first-order valence-corrected chi connectivity index (χ1v) is 6.17. The number of nitrogens with zero attached hydrogens (tertiary/aromatic N) is 3. The smallest absolute Gasteiger partial charge is 0.0651 e. The molecule has 2 rings (SSSR count). The third-order valence-electron chi connectivity index (χ3n) is 3.51. The predicted molar refractivity (Wildman–Crippen MR) is 62.8 cm³/mol. The average molecular weight is 217 g/mol. The molecule has 86 valence electrons. The molecule has 1 aliphatic carbocycles. The van der Waals surface area contributed by atoms with E-state index in [1.807, 2.05) is 17.8 Å². The fourth-order valence-electron chi connectivity index (χ4n) is 2.65. The van der Waals surface area contributed by atoms with Gasteiger partial charge in [-0.1, -0.05) is 25.7 Å². The van der Waals surface area contributed by atoms with Gasteiger partial charge in [-0.05, 0) is 24.8 Å². The number of nitriles is 1. The van der Waals surface area contributed by atoms with Crippen LogP contribution in [0.4, 0.5) is 0 Å². The predicted octanol–water partition coefficient (Wildman–Crippen LogP) is 3.23. The second-order valence-electron chi connectivity index (χ2n) is 4.90. The molecule has 1 atom stereocenters. The zero-order valence-electron chi connectivity index (χ0n) is 9.89. The van der Waals surface area contributed by atoms with Crippen LogP contribution in [0.1, 0.15) is 50.1 Å². The van der Waals surface area contributed by atoms with Gasteiger partial charge in [0, 0.05) is 6.20 Å². The lowest BCUT2D eigenvalue weighted by Gasteiger charge is -2.18. The Kier molecular flexibility index (Phi) is 3.61. The van der Waals surface area contributed by atoms with Crippen molar-refractivity contribution in [3.05, 3.63) is 18.0 Å². The van der Waals surface area contributed by atoms with Crippen molar-refractivity contribution in [3.63, 3.8) is 0 Å². The number of aryl methyl sites for hydroxylation is 1. The summed E-state index contributed by atoms with van der Waals surface area (Å²) in [6.45, 7) is 2.04. The van der Waals surface area contributed by atoms with Crippen LogP contribution < -0.4 is 0 Å². The summed E-state index contributed by atoms with van der Waals surface area (Å²) in [6.07, 6.45) is 11.0. The van der Waals surface area contributed by atoms with Gasteiger partial charge in [0.25, 0.3) is 0 Å². The molecule has 1 unspecified atom stereocenters. The molecule has 1 fully saturated rings. The standard InChI is InChI=1S/C13H19N3/c1-11-9-15-16(10-11)13(6-7-14)8-12-4-2-3-5-12/h9-10,12-13H,2-6,8H2,1H3. The van der Waals surface area contributed by atoms with Gasteiger partial charge in [-0.3, -0.25) is 4.68 Å². The molecule has 1 heterocycles. The van der Waals surface area contributed by atoms with E-state index in [9.17, 15) is 0 Å². The van der Waals surface area contributed by atoms with Gasteiger partial charge in [-0.25, -0.2) is 0 Å². The van der Waals surface area contributed by atoms with E-state index in [2.05, 4.69) is 17.4 Å². The minimum absolute atomic E-state index is 0.279. The lowest BCUT2D eigenvalue weighted by Crippen LogP contribution is -2.13. The molecule has 1 aromatic rings. The molecule has 0 amide bonds. The molecular weight excluding hydrogens is 198 g/mol. The van der Waals surface area contributed by atoms with Crippen LogP contribution in [0.2, 0.25) is 0 Å². The Morgan fingerprint density at radius 1 is 1.56 bits per heavy atom. The third-order valence-corrected chi connectivity index (χ3v) is 3.51. The van der Waals surface area contributed by atoms with Crippen molar-refractivity contribution in [2.45, 2.75) is 51.5 Å². The molecule has 16 heavy (non-hydrogen) atoms. The number of aromatic nitrogens is 2. The Balaban J connectivity index is 2.02. The summed E-state index contributed by atoms with van der Waals surface area (Å²) in [5, 5.41) is 13.2. The van der Waals surface area contributed by atoms with Crippen molar-refractivity contribution >= 4 is 0 Å². The molecule has 1 aromatic heterocycles. The minimum Gasteiger partial charge on any atom is -0.268 e. The minimum atomic E-state index is 0.279. The van der Waals surface area contributed by atoms with Gasteiger partial charge in [0.1, 0.15) is 0 Å². The fourth-order valence-corrected chi connectivity index (χ4v) is 2.65. The van der Waals surface area contributed by atoms with E-state index >= 15 is 0 Å². The Morgan fingerprint density at radius 3 is 2.88 bits per heavy atom. The normalized spacial score (nSPS) is 18.5. The van der Waals surface area contributed by atoms with E-state index in [1.165, 1.54) is 31.2 Å². The van der Waals surface area contributed by atoms with Crippen molar-refractivity contribution in [1.29, 1.82) is 5.26 Å². The van der Waals surface area contributed by atoms with E-state index < -0.39 is 0 Å². The number of hydrogen-bond acceptors (Lipinski definition) is 2. The van der Waals surface area contributed by atoms with Gasteiger partial charge in [0.15, 0.2) is 0 Å². The summed E-state index contributed by atoms with van der Waals surface area (Å²) < 4.78 is 1.98. The second-order valence-corrected chi connectivity index (χ2v) is 4.90. The molecule has 0 saturated heterocycles. The van der Waals surface area contributed by atoms with Crippen LogP contribution in [0.3, 0.4) is 0 Å². The molecule has 0 bridgehead atoms. The highest BCUT2D eigenvalue weighted by atomic mass is 15.3. The van der Waals surface area contributed by atoms with Gasteiger partial charge in [0.2, 0.25) is 0 Å². The second kappa shape index (κ2) is 5.16. The van der Waals surface area contributed by atoms with Crippen molar-refractivity contribution in [2.75, 3.05) is 0 Å². The van der Waals surface area contributed by atoms with Crippen molar-refractivity contribution < 1.29 is 0 Å². The Labute approximate surface area is 97.1 Å². The Morgan fingerprint density at radius 2 is 2.31 bits per heavy atom. The molecule has 0 aliphatic heterocycles. The van der Waals surface area contributed by atoms with E-state index in [-0.39, 0.29) is 6.04 Å². The first kappa shape index (κ1) is 11.2. The zero-order valence-corrected chi connectivity index (χ0v) is 9.89. The van der Waals surface area contributed by atoms with Crippen LogP contribution in [-0.2, 0) is 0 Å². The summed E-state index contributed by atoms with van der Waals surface area (Å²) in [7, 11) is 0. The van der Waals surface area contributed by atoms with Crippen LogP contribution in [-0.4, -0.2) is 9.78 Å². The maximum absolute atomic E-state index is 8.89. The number of hydrogen-bond donors (Lipinski definition) is 0.